The maximum absolute atomic E-state index is 11.6. The lowest BCUT2D eigenvalue weighted by molar-refractivity contribution is -0.121. The number of carbonyl (C=O) groups excluding carboxylic acids is 1. The third kappa shape index (κ3) is 8.60. The van der Waals surface area contributed by atoms with Crippen molar-refractivity contribution in [3.8, 4) is 0 Å². The minimum absolute atomic E-state index is 0. The highest BCUT2D eigenvalue weighted by Gasteiger charge is 2.23. The molecule has 1 aromatic rings. The number of likely N-dealkylation sites (tertiary alicyclic amines) is 2. The number of nitrogens with one attached hydrogen (secondary N) is 2. The summed E-state index contributed by atoms with van der Waals surface area (Å²) < 4.78 is 0. The van der Waals surface area contributed by atoms with Gasteiger partial charge in [0.2, 0.25) is 5.91 Å². The van der Waals surface area contributed by atoms with Gasteiger partial charge in [0, 0.05) is 46.7 Å². The molecule has 6 nitrogen and oxygen atoms in total. The highest BCUT2D eigenvalue weighted by molar-refractivity contribution is 14.0. The van der Waals surface area contributed by atoms with Crippen LogP contribution in [0.2, 0.25) is 0 Å². The fraction of sp³-hybridized carbons (Fsp3) is 0.667. The molecule has 2 aliphatic heterocycles. The maximum atomic E-state index is 11.6. The van der Waals surface area contributed by atoms with Crippen LogP contribution in [0.25, 0.3) is 0 Å². The first-order chi connectivity index (χ1) is 14.7. The molecule has 2 N–H and O–H groups in total. The van der Waals surface area contributed by atoms with E-state index >= 15 is 0 Å². The second-order valence-corrected chi connectivity index (χ2v) is 8.72. The van der Waals surface area contributed by atoms with Crippen molar-refractivity contribution < 1.29 is 4.79 Å². The molecule has 2 aliphatic rings. The van der Waals surface area contributed by atoms with E-state index in [1.807, 2.05) is 7.05 Å². The second-order valence-electron chi connectivity index (χ2n) is 8.72. The molecule has 2 fully saturated rings. The molecule has 0 aromatic heterocycles. The lowest BCUT2D eigenvalue weighted by atomic mass is 9.93. The van der Waals surface area contributed by atoms with Gasteiger partial charge in [0.1, 0.15) is 0 Å². The number of guanidine groups is 1. The number of aliphatic imine (C=N–C) groups is 1. The minimum atomic E-state index is 0. The van der Waals surface area contributed by atoms with E-state index in [-0.39, 0.29) is 29.9 Å². The third-order valence-electron chi connectivity index (χ3n) is 6.46. The van der Waals surface area contributed by atoms with Crippen molar-refractivity contribution in [2.45, 2.75) is 58.0 Å². The van der Waals surface area contributed by atoms with E-state index in [1.54, 1.807) is 7.05 Å². The molecule has 2 saturated heterocycles. The van der Waals surface area contributed by atoms with Crippen molar-refractivity contribution in [2.24, 2.45) is 10.9 Å². The topological polar surface area (TPSA) is 60.0 Å². The Morgan fingerprint density at radius 1 is 1.00 bits per heavy atom. The van der Waals surface area contributed by atoms with Crippen LogP contribution in [-0.2, 0) is 17.9 Å². The summed E-state index contributed by atoms with van der Waals surface area (Å²) in [4.78, 5) is 21.0. The van der Waals surface area contributed by atoms with Crippen LogP contribution in [0.4, 0.5) is 0 Å². The van der Waals surface area contributed by atoms with Crippen molar-refractivity contribution in [1.29, 1.82) is 0 Å². The highest BCUT2D eigenvalue weighted by Crippen LogP contribution is 2.20. The van der Waals surface area contributed by atoms with E-state index in [2.05, 4.69) is 49.7 Å². The van der Waals surface area contributed by atoms with Gasteiger partial charge in [-0.25, -0.2) is 0 Å². The van der Waals surface area contributed by atoms with E-state index in [0.29, 0.717) is 12.3 Å². The first-order valence-corrected chi connectivity index (χ1v) is 11.6. The van der Waals surface area contributed by atoms with Crippen molar-refractivity contribution in [3.05, 3.63) is 35.4 Å². The molecule has 31 heavy (non-hydrogen) atoms. The van der Waals surface area contributed by atoms with Crippen molar-refractivity contribution in [3.63, 3.8) is 0 Å². The predicted octanol–water partition coefficient (Wildman–Crippen LogP) is 3.60. The molecule has 0 atom stereocenters. The number of nitrogens with zero attached hydrogens (tertiary/aromatic N) is 3. The third-order valence-corrected chi connectivity index (χ3v) is 6.46. The lowest BCUT2D eigenvalue weighted by Crippen LogP contribution is -2.45. The van der Waals surface area contributed by atoms with Gasteiger partial charge in [0.05, 0.1) is 0 Å². The highest BCUT2D eigenvalue weighted by atomic mass is 127. The molecule has 0 spiro atoms. The van der Waals surface area contributed by atoms with Gasteiger partial charge >= 0.3 is 0 Å². The number of amides is 1. The molecule has 0 aliphatic carbocycles. The van der Waals surface area contributed by atoms with Crippen LogP contribution in [-0.4, -0.2) is 61.9 Å². The Hall–Kier alpha value is -1.35. The normalized spacial score (nSPS) is 18.8. The standard InChI is InChI=1S/C24H39N5O.HI/c1-25-23(30)17-20-11-15-29(16-12-20)24(26-2)27-18-21-7-9-22(10-8-21)19-28-13-5-3-4-6-14-28;/h7-10,20H,3-6,11-19H2,1-2H3,(H,25,30)(H,26,27);1H. The Balaban J connectivity index is 0.00000341. The van der Waals surface area contributed by atoms with Gasteiger partial charge in [-0.15, -0.1) is 24.0 Å². The van der Waals surface area contributed by atoms with Crippen LogP contribution < -0.4 is 10.6 Å². The molecule has 0 radical (unpaired) electrons. The first kappa shape index (κ1) is 25.9. The Morgan fingerprint density at radius 3 is 2.19 bits per heavy atom. The van der Waals surface area contributed by atoms with Crippen LogP contribution in [0.5, 0.6) is 0 Å². The molecule has 0 unspecified atom stereocenters. The van der Waals surface area contributed by atoms with Crippen molar-refractivity contribution in [1.82, 2.24) is 20.4 Å². The smallest absolute Gasteiger partial charge is 0.220 e. The summed E-state index contributed by atoms with van der Waals surface area (Å²) in [6.07, 6.45) is 8.16. The molecule has 0 bridgehead atoms. The zero-order chi connectivity index (χ0) is 21.2. The number of carbonyl (C=O) groups is 1. The van der Waals surface area contributed by atoms with E-state index in [4.69, 9.17) is 0 Å². The fourth-order valence-electron chi connectivity index (χ4n) is 4.54. The van der Waals surface area contributed by atoms with Gasteiger partial charge in [0.25, 0.3) is 0 Å². The van der Waals surface area contributed by atoms with Gasteiger partial charge in [-0.3, -0.25) is 14.7 Å². The number of hydrogen-bond acceptors (Lipinski definition) is 3. The SMILES string of the molecule is CN=C(NCc1ccc(CN2CCCCCC2)cc1)N1CCC(CC(=O)NC)CC1.I. The first-order valence-electron chi connectivity index (χ1n) is 11.6. The molecular weight excluding hydrogens is 501 g/mol. The maximum Gasteiger partial charge on any atom is 0.220 e. The van der Waals surface area contributed by atoms with Gasteiger partial charge < -0.3 is 15.5 Å². The molecule has 174 valence electrons. The van der Waals surface area contributed by atoms with Crippen LogP contribution in [0.1, 0.15) is 56.1 Å². The minimum Gasteiger partial charge on any atom is -0.359 e. The summed E-state index contributed by atoms with van der Waals surface area (Å²) in [5, 5.41) is 6.25. The van der Waals surface area contributed by atoms with Crippen molar-refractivity contribution in [2.75, 3.05) is 40.3 Å². The number of hydrogen-bond donors (Lipinski definition) is 2. The molecule has 7 heteroatoms. The van der Waals surface area contributed by atoms with Crippen LogP contribution >= 0.6 is 24.0 Å². The molecular formula is C24H40IN5O. The molecule has 0 saturated carbocycles. The van der Waals surface area contributed by atoms with Gasteiger partial charge in [-0.1, -0.05) is 37.1 Å². The largest absolute Gasteiger partial charge is 0.359 e. The molecule has 1 amide bonds. The summed E-state index contributed by atoms with van der Waals surface area (Å²) in [6.45, 7) is 6.24. The van der Waals surface area contributed by atoms with E-state index in [0.717, 1.165) is 45.0 Å². The van der Waals surface area contributed by atoms with Crippen LogP contribution in [0.15, 0.2) is 29.3 Å². The number of halogens is 1. The fourth-order valence-corrected chi connectivity index (χ4v) is 4.54. The summed E-state index contributed by atoms with van der Waals surface area (Å²) in [7, 11) is 3.56. The molecule has 2 heterocycles. The average Bonchev–Trinajstić information content (AvgIpc) is 3.05. The number of piperidine rings is 1. The molecule has 1 aromatic carbocycles. The zero-order valence-corrected chi connectivity index (χ0v) is 21.6. The number of benzene rings is 1. The average molecular weight is 542 g/mol. The monoisotopic (exact) mass is 541 g/mol. The van der Waals surface area contributed by atoms with Gasteiger partial charge in [-0.2, -0.15) is 0 Å². The second kappa shape index (κ2) is 13.9. The Kier molecular flexibility index (Phi) is 11.6. The Morgan fingerprint density at radius 2 is 1.61 bits per heavy atom. The summed E-state index contributed by atoms with van der Waals surface area (Å²) >= 11 is 0. The predicted molar refractivity (Wildman–Crippen MR) is 139 cm³/mol. The van der Waals surface area contributed by atoms with Crippen LogP contribution in [0.3, 0.4) is 0 Å². The van der Waals surface area contributed by atoms with Gasteiger partial charge in [0.15, 0.2) is 5.96 Å². The van der Waals surface area contributed by atoms with Crippen molar-refractivity contribution >= 4 is 35.8 Å². The van der Waals surface area contributed by atoms with Crippen LogP contribution in [0, 0.1) is 5.92 Å². The Labute approximate surface area is 205 Å². The summed E-state index contributed by atoms with van der Waals surface area (Å²) in [6, 6.07) is 9.02. The van der Waals surface area contributed by atoms with E-state index in [9.17, 15) is 4.79 Å². The quantitative estimate of drug-likeness (QED) is 0.328. The van der Waals surface area contributed by atoms with E-state index < -0.39 is 0 Å². The molecule has 3 rings (SSSR count). The van der Waals surface area contributed by atoms with Gasteiger partial charge in [-0.05, 0) is 55.8 Å². The summed E-state index contributed by atoms with van der Waals surface area (Å²) in [5.41, 5.74) is 2.69. The summed E-state index contributed by atoms with van der Waals surface area (Å²) in [5.74, 6) is 1.59. The number of rotatable bonds is 6. The van der Waals surface area contributed by atoms with E-state index in [1.165, 1.54) is 49.9 Å². The Bertz CT molecular complexity index is 678. The lowest BCUT2D eigenvalue weighted by Gasteiger charge is -2.34. The zero-order valence-electron chi connectivity index (χ0n) is 19.2.